The van der Waals surface area contributed by atoms with E-state index < -0.39 is 4.92 Å². The predicted molar refractivity (Wildman–Crippen MR) is 85.1 cm³/mol. The van der Waals surface area contributed by atoms with Gasteiger partial charge in [-0.1, -0.05) is 11.6 Å². The van der Waals surface area contributed by atoms with Gasteiger partial charge in [0.05, 0.1) is 10.7 Å². The molecule has 0 atom stereocenters. The lowest BCUT2D eigenvalue weighted by molar-refractivity contribution is -0.384. The van der Waals surface area contributed by atoms with Crippen LogP contribution < -0.4 is 0 Å². The highest BCUT2D eigenvalue weighted by Crippen LogP contribution is 2.28. The summed E-state index contributed by atoms with van der Waals surface area (Å²) in [7, 11) is 0. The Bertz CT molecular complexity index is 805. The SMILES string of the molecule is O=[N+]([O-])c1ccc(SCc2nc(Cl)c3ccsc3n2)cc1. The van der Waals surface area contributed by atoms with Crippen molar-refractivity contribution in [3.8, 4) is 0 Å². The van der Waals surface area contributed by atoms with Gasteiger partial charge < -0.3 is 0 Å². The van der Waals surface area contributed by atoms with Crippen molar-refractivity contribution in [2.45, 2.75) is 10.6 Å². The third kappa shape index (κ3) is 3.15. The van der Waals surface area contributed by atoms with E-state index in [-0.39, 0.29) is 5.69 Å². The van der Waals surface area contributed by atoms with Gasteiger partial charge in [0.15, 0.2) is 0 Å². The van der Waals surface area contributed by atoms with Crippen molar-refractivity contribution >= 4 is 50.6 Å². The molecule has 0 aliphatic carbocycles. The van der Waals surface area contributed by atoms with E-state index in [0.29, 0.717) is 16.7 Å². The minimum Gasteiger partial charge on any atom is -0.258 e. The van der Waals surface area contributed by atoms with Crippen LogP contribution in [0.15, 0.2) is 40.6 Å². The first-order valence-corrected chi connectivity index (χ1v) is 8.14. The molecule has 3 aromatic rings. The number of benzene rings is 1. The summed E-state index contributed by atoms with van der Waals surface area (Å²) in [4.78, 5) is 20.7. The zero-order chi connectivity index (χ0) is 14.8. The van der Waals surface area contributed by atoms with Gasteiger partial charge in [0.1, 0.15) is 15.8 Å². The number of aromatic nitrogens is 2. The number of hydrogen-bond acceptors (Lipinski definition) is 6. The Balaban J connectivity index is 1.75. The number of hydrogen-bond donors (Lipinski definition) is 0. The normalized spacial score (nSPS) is 10.9. The van der Waals surface area contributed by atoms with Crippen molar-refractivity contribution in [2.75, 3.05) is 0 Å². The Morgan fingerprint density at radius 3 is 2.71 bits per heavy atom. The molecule has 3 rings (SSSR count). The van der Waals surface area contributed by atoms with Gasteiger partial charge in [0.2, 0.25) is 0 Å². The maximum absolute atomic E-state index is 10.6. The number of thiophene rings is 1. The van der Waals surface area contributed by atoms with Gasteiger partial charge >= 0.3 is 0 Å². The van der Waals surface area contributed by atoms with Gasteiger partial charge in [-0.3, -0.25) is 10.1 Å². The molecule has 21 heavy (non-hydrogen) atoms. The van der Waals surface area contributed by atoms with Crippen LogP contribution in [-0.4, -0.2) is 14.9 Å². The van der Waals surface area contributed by atoms with E-state index in [4.69, 9.17) is 11.6 Å². The van der Waals surface area contributed by atoms with Crippen molar-refractivity contribution in [3.05, 3.63) is 56.8 Å². The molecule has 0 aliphatic rings. The molecule has 0 bridgehead atoms. The second-order valence-corrected chi connectivity index (χ2v) is 6.41. The highest BCUT2D eigenvalue weighted by atomic mass is 35.5. The van der Waals surface area contributed by atoms with Crippen molar-refractivity contribution in [3.63, 3.8) is 0 Å². The lowest BCUT2D eigenvalue weighted by Gasteiger charge is -2.02. The molecule has 0 radical (unpaired) electrons. The van der Waals surface area contributed by atoms with Crippen LogP contribution in [0.4, 0.5) is 5.69 Å². The molecule has 0 fully saturated rings. The number of rotatable bonds is 4. The summed E-state index contributed by atoms with van der Waals surface area (Å²) in [6.07, 6.45) is 0. The summed E-state index contributed by atoms with van der Waals surface area (Å²) < 4.78 is 0. The fourth-order valence-corrected chi connectivity index (χ4v) is 3.58. The van der Waals surface area contributed by atoms with E-state index >= 15 is 0 Å². The van der Waals surface area contributed by atoms with Gasteiger partial charge in [-0.25, -0.2) is 9.97 Å². The quantitative estimate of drug-likeness (QED) is 0.302. The molecule has 5 nitrogen and oxygen atoms in total. The summed E-state index contributed by atoms with van der Waals surface area (Å²) in [6, 6.07) is 8.30. The smallest absolute Gasteiger partial charge is 0.258 e. The first kappa shape index (κ1) is 14.2. The van der Waals surface area contributed by atoms with Crippen molar-refractivity contribution in [1.82, 2.24) is 9.97 Å². The van der Waals surface area contributed by atoms with E-state index in [1.54, 1.807) is 12.1 Å². The van der Waals surface area contributed by atoms with Crippen LogP contribution in [0.3, 0.4) is 0 Å². The topological polar surface area (TPSA) is 68.9 Å². The Kier molecular flexibility index (Phi) is 4.05. The molecule has 0 N–H and O–H groups in total. The fourth-order valence-electron chi connectivity index (χ4n) is 1.74. The standard InChI is InChI=1S/C13H8ClN3O2S2/c14-12-10-5-6-20-13(10)16-11(15-12)7-21-9-3-1-8(2-4-9)17(18)19/h1-6H,7H2. The van der Waals surface area contributed by atoms with E-state index in [0.717, 1.165) is 15.1 Å². The molecular formula is C13H8ClN3O2S2. The highest BCUT2D eigenvalue weighted by Gasteiger charge is 2.08. The summed E-state index contributed by atoms with van der Waals surface area (Å²) in [5.41, 5.74) is 0.0821. The molecule has 106 valence electrons. The summed E-state index contributed by atoms with van der Waals surface area (Å²) in [5.74, 6) is 1.21. The zero-order valence-corrected chi connectivity index (χ0v) is 12.9. The van der Waals surface area contributed by atoms with Gasteiger partial charge in [-0.05, 0) is 23.6 Å². The number of fused-ring (bicyclic) bond motifs is 1. The second kappa shape index (κ2) is 5.97. The summed E-state index contributed by atoms with van der Waals surface area (Å²) >= 11 is 9.15. The fraction of sp³-hybridized carbons (Fsp3) is 0.0769. The molecule has 0 unspecified atom stereocenters. The Morgan fingerprint density at radius 2 is 2.00 bits per heavy atom. The maximum Gasteiger partial charge on any atom is 0.269 e. The van der Waals surface area contributed by atoms with Crippen molar-refractivity contribution in [1.29, 1.82) is 0 Å². The third-order valence-corrected chi connectivity index (χ3v) is 4.84. The molecule has 0 amide bonds. The summed E-state index contributed by atoms with van der Waals surface area (Å²) in [5, 5.41) is 13.8. The number of thioether (sulfide) groups is 1. The number of nitro groups is 1. The molecule has 0 saturated heterocycles. The number of non-ortho nitro benzene ring substituents is 1. The molecule has 0 saturated carbocycles. The van der Waals surface area contributed by atoms with Crippen LogP contribution >= 0.6 is 34.7 Å². The van der Waals surface area contributed by atoms with Gasteiger partial charge in [0, 0.05) is 22.4 Å². The second-order valence-electron chi connectivity index (χ2n) is 4.11. The van der Waals surface area contributed by atoms with Crippen LogP contribution in [0, 0.1) is 10.1 Å². The van der Waals surface area contributed by atoms with E-state index in [1.165, 1.54) is 35.2 Å². The van der Waals surface area contributed by atoms with Crippen LogP contribution in [0.25, 0.3) is 10.2 Å². The predicted octanol–water partition coefficient (Wildman–Crippen LogP) is 4.55. The molecule has 8 heteroatoms. The molecular weight excluding hydrogens is 330 g/mol. The first-order valence-electron chi connectivity index (χ1n) is 5.90. The number of nitro benzene ring substituents is 1. The lowest BCUT2D eigenvalue weighted by Crippen LogP contribution is -1.93. The monoisotopic (exact) mass is 337 g/mol. The minimum atomic E-state index is -0.415. The Morgan fingerprint density at radius 1 is 1.24 bits per heavy atom. The van der Waals surface area contributed by atoms with Gasteiger partial charge in [0.25, 0.3) is 5.69 Å². The third-order valence-electron chi connectivity index (χ3n) is 2.74. The average molecular weight is 338 g/mol. The van der Waals surface area contributed by atoms with Crippen molar-refractivity contribution < 1.29 is 4.92 Å². The van der Waals surface area contributed by atoms with Crippen LogP contribution in [0.2, 0.25) is 5.15 Å². The number of nitrogens with zero attached hydrogens (tertiary/aromatic N) is 3. The molecule has 0 spiro atoms. The Labute approximate surface area is 133 Å². The van der Waals surface area contributed by atoms with Crippen LogP contribution in [0.1, 0.15) is 5.82 Å². The van der Waals surface area contributed by atoms with E-state index in [1.807, 2.05) is 11.4 Å². The first-order chi connectivity index (χ1) is 10.1. The van der Waals surface area contributed by atoms with E-state index in [9.17, 15) is 10.1 Å². The Hall–Kier alpha value is -1.70. The van der Waals surface area contributed by atoms with E-state index in [2.05, 4.69) is 9.97 Å². The number of halogens is 1. The molecule has 2 aromatic heterocycles. The van der Waals surface area contributed by atoms with Gasteiger partial charge in [-0.15, -0.1) is 23.1 Å². The maximum atomic E-state index is 10.6. The average Bonchev–Trinajstić information content (AvgIpc) is 2.94. The lowest BCUT2D eigenvalue weighted by atomic mass is 10.3. The van der Waals surface area contributed by atoms with Crippen molar-refractivity contribution in [2.24, 2.45) is 0 Å². The molecule has 0 aliphatic heterocycles. The highest BCUT2D eigenvalue weighted by molar-refractivity contribution is 7.98. The zero-order valence-electron chi connectivity index (χ0n) is 10.5. The largest absolute Gasteiger partial charge is 0.269 e. The van der Waals surface area contributed by atoms with Crippen LogP contribution in [-0.2, 0) is 5.75 Å². The van der Waals surface area contributed by atoms with Crippen LogP contribution in [0.5, 0.6) is 0 Å². The molecule has 2 heterocycles. The minimum absolute atomic E-state index is 0.0821. The molecule has 1 aromatic carbocycles. The van der Waals surface area contributed by atoms with Gasteiger partial charge in [-0.2, -0.15) is 0 Å². The summed E-state index contributed by atoms with van der Waals surface area (Å²) in [6.45, 7) is 0.